The molecular formula is C10H17N3S. The van der Waals surface area contributed by atoms with Crippen molar-refractivity contribution in [3.8, 4) is 0 Å². The minimum Gasteiger partial charge on any atom is -0.330 e. The van der Waals surface area contributed by atoms with Crippen LogP contribution < -0.4 is 5.73 Å². The molecule has 1 aromatic heterocycles. The lowest BCUT2D eigenvalue weighted by molar-refractivity contribution is 0.617. The third-order valence-electron chi connectivity index (χ3n) is 2.70. The Hall–Kier alpha value is -0.480. The molecule has 3 N–H and O–H groups in total. The van der Waals surface area contributed by atoms with Gasteiger partial charge >= 0.3 is 0 Å². The van der Waals surface area contributed by atoms with Gasteiger partial charge in [0.1, 0.15) is 0 Å². The number of thioether (sulfide) groups is 1. The van der Waals surface area contributed by atoms with E-state index in [0.29, 0.717) is 12.5 Å². The number of rotatable bonds is 3. The summed E-state index contributed by atoms with van der Waals surface area (Å²) in [5, 5.41) is 7.44. The number of hydrogen-bond acceptors (Lipinski definition) is 3. The van der Waals surface area contributed by atoms with Gasteiger partial charge in [-0.05, 0) is 37.0 Å². The number of nitrogens with zero attached hydrogens (tertiary/aromatic N) is 1. The van der Waals surface area contributed by atoms with E-state index in [0.717, 1.165) is 6.42 Å². The van der Waals surface area contributed by atoms with Gasteiger partial charge in [-0.25, -0.2) is 0 Å². The predicted molar refractivity (Wildman–Crippen MR) is 60.6 cm³/mol. The molecule has 0 aliphatic carbocycles. The van der Waals surface area contributed by atoms with Gasteiger partial charge in [0.15, 0.2) is 0 Å². The highest BCUT2D eigenvalue weighted by atomic mass is 32.2. The van der Waals surface area contributed by atoms with Crippen molar-refractivity contribution in [2.75, 3.05) is 18.1 Å². The van der Waals surface area contributed by atoms with E-state index in [1.54, 1.807) is 0 Å². The van der Waals surface area contributed by atoms with Crippen LogP contribution in [0.25, 0.3) is 0 Å². The second-order valence-electron chi connectivity index (χ2n) is 3.74. The molecule has 0 atom stereocenters. The van der Waals surface area contributed by atoms with Gasteiger partial charge in [-0.15, -0.1) is 0 Å². The summed E-state index contributed by atoms with van der Waals surface area (Å²) in [5.41, 5.74) is 7.92. The molecule has 0 bridgehead atoms. The zero-order chi connectivity index (χ0) is 9.80. The summed E-state index contributed by atoms with van der Waals surface area (Å²) in [5.74, 6) is 3.24. The van der Waals surface area contributed by atoms with Crippen LogP contribution in [-0.2, 0) is 6.42 Å². The third kappa shape index (κ3) is 2.30. The first-order valence-corrected chi connectivity index (χ1v) is 6.37. The highest BCUT2D eigenvalue weighted by molar-refractivity contribution is 7.99. The van der Waals surface area contributed by atoms with Gasteiger partial charge in [0.25, 0.3) is 0 Å². The maximum Gasteiger partial charge on any atom is 0.0656 e. The molecule has 0 unspecified atom stereocenters. The Balaban J connectivity index is 2.00. The fourth-order valence-corrected chi connectivity index (χ4v) is 2.97. The maximum atomic E-state index is 5.50. The molecule has 14 heavy (non-hydrogen) atoms. The first kappa shape index (κ1) is 10.1. The number of nitrogens with one attached hydrogen (secondary N) is 1. The number of hydrogen-bond donors (Lipinski definition) is 2. The Labute approximate surface area is 88.8 Å². The molecule has 0 amide bonds. The smallest absolute Gasteiger partial charge is 0.0656 e. The fourth-order valence-electron chi connectivity index (χ4n) is 1.87. The molecular weight excluding hydrogens is 194 g/mol. The summed E-state index contributed by atoms with van der Waals surface area (Å²) in [4.78, 5) is 0. The quantitative estimate of drug-likeness (QED) is 0.797. The molecule has 3 nitrogen and oxygen atoms in total. The summed E-state index contributed by atoms with van der Waals surface area (Å²) in [6, 6.07) is 2.19. The van der Waals surface area contributed by atoms with E-state index in [9.17, 15) is 0 Å². The SMILES string of the molecule is NCCc1cc(C2CCSCC2)n[nH]1. The molecule has 1 aliphatic rings. The Morgan fingerprint density at radius 3 is 3.00 bits per heavy atom. The van der Waals surface area contributed by atoms with Crippen molar-refractivity contribution in [3.05, 3.63) is 17.5 Å². The lowest BCUT2D eigenvalue weighted by Crippen LogP contribution is -2.08. The second kappa shape index (κ2) is 4.84. The average molecular weight is 211 g/mol. The standard InChI is InChI=1S/C10H17N3S/c11-4-1-9-7-10(13-12-9)8-2-5-14-6-3-8/h7-8H,1-6,11H2,(H,12,13). The van der Waals surface area contributed by atoms with Crippen LogP contribution in [-0.4, -0.2) is 28.2 Å². The monoisotopic (exact) mass is 211 g/mol. The first-order valence-electron chi connectivity index (χ1n) is 5.22. The van der Waals surface area contributed by atoms with Gasteiger partial charge < -0.3 is 5.73 Å². The van der Waals surface area contributed by atoms with Gasteiger partial charge in [0.05, 0.1) is 5.69 Å². The van der Waals surface area contributed by atoms with Crippen LogP contribution in [0.3, 0.4) is 0 Å². The van der Waals surface area contributed by atoms with E-state index < -0.39 is 0 Å². The molecule has 1 saturated heterocycles. The van der Waals surface area contributed by atoms with E-state index in [-0.39, 0.29) is 0 Å². The lowest BCUT2D eigenvalue weighted by atomic mass is 9.99. The molecule has 2 heterocycles. The van der Waals surface area contributed by atoms with E-state index in [1.165, 1.54) is 35.7 Å². The van der Waals surface area contributed by atoms with E-state index in [4.69, 9.17) is 5.73 Å². The van der Waals surface area contributed by atoms with Crippen molar-refractivity contribution in [2.45, 2.75) is 25.2 Å². The van der Waals surface area contributed by atoms with Crippen LogP contribution in [0.4, 0.5) is 0 Å². The van der Waals surface area contributed by atoms with Crippen molar-refractivity contribution < 1.29 is 0 Å². The highest BCUT2D eigenvalue weighted by Gasteiger charge is 2.18. The van der Waals surface area contributed by atoms with Crippen LogP contribution in [0.2, 0.25) is 0 Å². The molecule has 0 aromatic carbocycles. The van der Waals surface area contributed by atoms with Crippen LogP contribution in [0.15, 0.2) is 6.07 Å². The van der Waals surface area contributed by atoms with Gasteiger partial charge in [-0.3, -0.25) is 5.10 Å². The van der Waals surface area contributed by atoms with Crippen molar-refractivity contribution in [1.29, 1.82) is 0 Å². The number of nitrogens with two attached hydrogens (primary N) is 1. The van der Waals surface area contributed by atoms with E-state index in [2.05, 4.69) is 28.0 Å². The summed E-state index contributed by atoms with van der Waals surface area (Å²) in [7, 11) is 0. The molecule has 0 saturated carbocycles. The summed E-state index contributed by atoms with van der Waals surface area (Å²) >= 11 is 2.05. The zero-order valence-electron chi connectivity index (χ0n) is 8.33. The molecule has 0 spiro atoms. The van der Waals surface area contributed by atoms with Crippen molar-refractivity contribution in [1.82, 2.24) is 10.2 Å². The molecule has 2 rings (SSSR count). The van der Waals surface area contributed by atoms with Crippen LogP contribution >= 0.6 is 11.8 Å². The molecule has 78 valence electrons. The number of aromatic amines is 1. The van der Waals surface area contributed by atoms with Crippen molar-refractivity contribution in [2.24, 2.45) is 5.73 Å². The van der Waals surface area contributed by atoms with E-state index >= 15 is 0 Å². The predicted octanol–water partition coefficient (Wildman–Crippen LogP) is 1.52. The molecule has 1 aromatic rings. The minimum absolute atomic E-state index is 0.680. The molecule has 0 radical (unpaired) electrons. The Morgan fingerprint density at radius 2 is 2.29 bits per heavy atom. The molecule has 1 aliphatic heterocycles. The maximum absolute atomic E-state index is 5.50. The fraction of sp³-hybridized carbons (Fsp3) is 0.700. The third-order valence-corrected chi connectivity index (χ3v) is 3.75. The Morgan fingerprint density at radius 1 is 1.50 bits per heavy atom. The zero-order valence-corrected chi connectivity index (χ0v) is 9.15. The molecule has 4 heteroatoms. The van der Waals surface area contributed by atoms with Crippen LogP contribution in [0.1, 0.15) is 30.1 Å². The molecule has 1 fully saturated rings. The van der Waals surface area contributed by atoms with Crippen LogP contribution in [0.5, 0.6) is 0 Å². The van der Waals surface area contributed by atoms with Gasteiger partial charge in [-0.1, -0.05) is 0 Å². The minimum atomic E-state index is 0.680. The van der Waals surface area contributed by atoms with Crippen LogP contribution in [0, 0.1) is 0 Å². The Bertz CT molecular complexity index is 279. The van der Waals surface area contributed by atoms with Crippen molar-refractivity contribution >= 4 is 11.8 Å². The largest absolute Gasteiger partial charge is 0.330 e. The topological polar surface area (TPSA) is 54.7 Å². The van der Waals surface area contributed by atoms with Gasteiger partial charge in [0, 0.05) is 18.0 Å². The second-order valence-corrected chi connectivity index (χ2v) is 4.97. The average Bonchev–Trinajstić information content (AvgIpc) is 2.68. The normalized spacial score (nSPS) is 18.6. The lowest BCUT2D eigenvalue weighted by Gasteiger charge is -2.18. The summed E-state index contributed by atoms with van der Waals surface area (Å²) < 4.78 is 0. The van der Waals surface area contributed by atoms with Gasteiger partial charge in [-0.2, -0.15) is 16.9 Å². The number of H-pyrrole nitrogens is 1. The number of aromatic nitrogens is 2. The van der Waals surface area contributed by atoms with Crippen molar-refractivity contribution in [3.63, 3.8) is 0 Å². The van der Waals surface area contributed by atoms with E-state index in [1.807, 2.05) is 0 Å². The summed E-state index contributed by atoms with van der Waals surface area (Å²) in [6.45, 7) is 0.697. The Kier molecular flexibility index (Phi) is 3.48. The summed E-state index contributed by atoms with van der Waals surface area (Å²) in [6.07, 6.45) is 3.46. The van der Waals surface area contributed by atoms with Gasteiger partial charge in [0.2, 0.25) is 0 Å². The highest BCUT2D eigenvalue weighted by Crippen LogP contribution is 2.30. The first-order chi connectivity index (χ1) is 6.90.